The second kappa shape index (κ2) is 2.87. The van der Waals surface area contributed by atoms with E-state index >= 15 is 0 Å². The van der Waals surface area contributed by atoms with Crippen molar-refractivity contribution in [3.05, 3.63) is 0 Å². The van der Waals surface area contributed by atoms with E-state index in [4.69, 9.17) is 0 Å². The average molecular weight is 140 g/mol. The quantitative estimate of drug-likeness (QED) is 0.476. The number of alkyl halides is 1. The molecule has 1 aliphatic heterocycles. The van der Waals surface area contributed by atoms with Gasteiger partial charge in [-0.1, -0.05) is 0 Å². The third-order valence-corrected chi connectivity index (χ3v) is 1.01. The second-order valence-electron chi connectivity index (χ2n) is 1.66. The Balaban J connectivity index is 0.000000490. The zero-order valence-electron chi connectivity index (χ0n) is 4.21. The number of likely N-dealkylation sites (tertiary alicyclic amines) is 1. The van der Waals surface area contributed by atoms with Gasteiger partial charge in [-0.3, -0.25) is 4.79 Å². The lowest BCUT2D eigenvalue weighted by Gasteiger charge is -2.29. The number of hydrogen-bond acceptors (Lipinski definition) is 1. The highest BCUT2D eigenvalue weighted by Crippen LogP contribution is 2.06. The van der Waals surface area contributed by atoms with E-state index < -0.39 is 6.17 Å². The molecule has 48 valence electrons. The van der Waals surface area contributed by atoms with Crippen LogP contribution in [0.15, 0.2) is 0 Å². The van der Waals surface area contributed by atoms with Crippen molar-refractivity contribution in [3.8, 4) is 0 Å². The molecule has 0 N–H and O–H groups in total. The number of rotatable bonds is 1. The molecule has 0 aromatic rings. The Morgan fingerprint density at radius 1 is 1.62 bits per heavy atom. The number of carbonyl (C=O) groups excluding carboxylic acids is 1. The van der Waals surface area contributed by atoms with E-state index in [-0.39, 0.29) is 12.4 Å². The molecule has 0 aliphatic carbocycles. The van der Waals surface area contributed by atoms with Gasteiger partial charge in [0.15, 0.2) is 0 Å². The maximum atomic E-state index is 11.8. The van der Waals surface area contributed by atoms with E-state index in [0.29, 0.717) is 19.5 Å². The molecule has 1 fully saturated rings. The number of nitrogens with zero attached hydrogens (tertiary/aromatic N) is 1. The van der Waals surface area contributed by atoms with Crippen LogP contribution in [0.4, 0.5) is 4.39 Å². The maximum absolute atomic E-state index is 11.8. The van der Waals surface area contributed by atoms with Crippen LogP contribution in [0, 0.1) is 0 Å². The standard InChI is InChI=1S/C4H6FNO.ClH/c5-4-1-6(2-4)3-7;/h3-4H,1-2H2;1H. The molecule has 0 aromatic heterocycles. The first-order valence-electron chi connectivity index (χ1n) is 2.16. The Hall–Kier alpha value is -0.310. The lowest BCUT2D eigenvalue weighted by atomic mass is 10.2. The maximum Gasteiger partial charge on any atom is 0.209 e. The summed E-state index contributed by atoms with van der Waals surface area (Å²) in [7, 11) is 0. The molecule has 2 nitrogen and oxygen atoms in total. The van der Waals surface area contributed by atoms with E-state index in [0.717, 1.165) is 0 Å². The van der Waals surface area contributed by atoms with E-state index in [1.165, 1.54) is 4.90 Å². The van der Waals surface area contributed by atoms with Crippen molar-refractivity contribution in [2.45, 2.75) is 6.17 Å². The molecule has 4 heteroatoms. The van der Waals surface area contributed by atoms with Crippen LogP contribution < -0.4 is 0 Å². The Kier molecular flexibility index (Phi) is 2.76. The summed E-state index contributed by atoms with van der Waals surface area (Å²) in [4.78, 5) is 11.1. The fraction of sp³-hybridized carbons (Fsp3) is 0.750. The van der Waals surface area contributed by atoms with Crippen molar-refractivity contribution in [1.29, 1.82) is 0 Å². The summed E-state index contributed by atoms with van der Waals surface area (Å²) in [5.74, 6) is 0. The first kappa shape index (κ1) is 7.69. The predicted molar refractivity (Wildman–Crippen MR) is 29.8 cm³/mol. The molecule has 8 heavy (non-hydrogen) atoms. The van der Waals surface area contributed by atoms with Crippen molar-refractivity contribution in [2.24, 2.45) is 0 Å². The van der Waals surface area contributed by atoms with Gasteiger partial charge in [0.1, 0.15) is 6.17 Å². The molecule has 0 bridgehead atoms. The fourth-order valence-electron chi connectivity index (χ4n) is 0.542. The Morgan fingerprint density at radius 3 is 2.25 bits per heavy atom. The summed E-state index contributed by atoms with van der Waals surface area (Å²) in [6, 6.07) is 0. The highest BCUT2D eigenvalue weighted by atomic mass is 35.5. The Bertz CT molecular complexity index is 84.1. The summed E-state index contributed by atoms with van der Waals surface area (Å²) < 4.78 is 11.8. The third kappa shape index (κ3) is 1.33. The molecule has 1 aliphatic rings. The molecule has 0 saturated carbocycles. The molecule has 1 heterocycles. The van der Waals surface area contributed by atoms with E-state index in [9.17, 15) is 9.18 Å². The van der Waals surface area contributed by atoms with Gasteiger partial charge in [0.05, 0.1) is 13.1 Å². The first-order valence-corrected chi connectivity index (χ1v) is 2.16. The van der Waals surface area contributed by atoms with Crippen molar-refractivity contribution in [3.63, 3.8) is 0 Å². The fourth-order valence-corrected chi connectivity index (χ4v) is 0.542. The monoisotopic (exact) mass is 139 g/mol. The summed E-state index contributed by atoms with van der Waals surface area (Å²) >= 11 is 0. The van der Waals surface area contributed by atoms with Crippen molar-refractivity contribution in [2.75, 3.05) is 13.1 Å². The van der Waals surface area contributed by atoms with Gasteiger partial charge in [0, 0.05) is 0 Å². The number of carbonyl (C=O) groups is 1. The second-order valence-corrected chi connectivity index (χ2v) is 1.66. The van der Waals surface area contributed by atoms with Crippen LogP contribution in [0.25, 0.3) is 0 Å². The normalized spacial score (nSPS) is 18.9. The molecule has 0 radical (unpaired) electrons. The summed E-state index contributed by atoms with van der Waals surface area (Å²) in [5.41, 5.74) is 0. The Morgan fingerprint density at radius 2 is 2.12 bits per heavy atom. The van der Waals surface area contributed by atoms with Crippen molar-refractivity contribution in [1.82, 2.24) is 4.90 Å². The van der Waals surface area contributed by atoms with Crippen LogP contribution in [0.5, 0.6) is 0 Å². The average Bonchev–Trinajstić information content (AvgIpc) is 1.58. The van der Waals surface area contributed by atoms with Gasteiger partial charge in [-0.2, -0.15) is 0 Å². The molecule has 0 spiro atoms. The van der Waals surface area contributed by atoms with Crippen molar-refractivity contribution < 1.29 is 9.18 Å². The predicted octanol–water partition coefficient (Wildman–Crippen LogP) is 0.218. The molecular weight excluding hydrogens is 133 g/mol. The lowest BCUT2D eigenvalue weighted by Crippen LogP contribution is -2.47. The minimum atomic E-state index is -0.759. The Labute approximate surface area is 53.1 Å². The van der Waals surface area contributed by atoms with Gasteiger partial charge < -0.3 is 4.90 Å². The molecule has 1 saturated heterocycles. The van der Waals surface area contributed by atoms with Gasteiger partial charge in [-0.15, -0.1) is 12.4 Å². The van der Waals surface area contributed by atoms with Crippen molar-refractivity contribution >= 4 is 18.8 Å². The zero-order valence-corrected chi connectivity index (χ0v) is 5.03. The smallest absolute Gasteiger partial charge is 0.209 e. The van der Waals surface area contributed by atoms with Crippen LogP contribution in [0.2, 0.25) is 0 Å². The zero-order chi connectivity index (χ0) is 5.28. The van der Waals surface area contributed by atoms with E-state index in [1.807, 2.05) is 0 Å². The highest BCUT2D eigenvalue weighted by molar-refractivity contribution is 5.85. The summed E-state index contributed by atoms with van der Waals surface area (Å²) in [6.07, 6.45) is -0.0963. The van der Waals surface area contributed by atoms with E-state index in [2.05, 4.69) is 0 Å². The summed E-state index contributed by atoms with van der Waals surface area (Å²) in [6.45, 7) is 0.590. The van der Waals surface area contributed by atoms with Crippen LogP contribution in [-0.4, -0.2) is 30.6 Å². The van der Waals surface area contributed by atoms with Gasteiger partial charge in [0.2, 0.25) is 6.41 Å². The molecule has 1 amide bonds. The number of halogens is 2. The highest BCUT2D eigenvalue weighted by Gasteiger charge is 2.23. The topological polar surface area (TPSA) is 20.3 Å². The largest absolute Gasteiger partial charge is 0.339 e. The molecule has 0 aromatic carbocycles. The summed E-state index contributed by atoms with van der Waals surface area (Å²) in [5, 5.41) is 0. The van der Waals surface area contributed by atoms with Gasteiger partial charge in [-0.25, -0.2) is 4.39 Å². The van der Waals surface area contributed by atoms with E-state index in [1.54, 1.807) is 0 Å². The third-order valence-electron chi connectivity index (χ3n) is 1.01. The lowest BCUT2D eigenvalue weighted by molar-refractivity contribution is -0.124. The molecule has 0 atom stereocenters. The van der Waals surface area contributed by atoms with Gasteiger partial charge >= 0.3 is 0 Å². The van der Waals surface area contributed by atoms with Gasteiger partial charge in [-0.05, 0) is 0 Å². The molecule has 0 unspecified atom stereocenters. The number of amides is 1. The molecule has 1 rings (SSSR count). The minimum Gasteiger partial charge on any atom is -0.339 e. The SMILES string of the molecule is Cl.O=CN1CC(F)C1. The number of hydrogen-bond donors (Lipinski definition) is 0. The van der Waals surface area contributed by atoms with Crippen LogP contribution >= 0.6 is 12.4 Å². The molecular formula is C4H7ClFNO. The van der Waals surface area contributed by atoms with Gasteiger partial charge in [0.25, 0.3) is 0 Å². The first-order chi connectivity index (χ1) is 3.33. The van der Waals surface area contributed by atoms with Crippen LogP contribution in [0.3, 0.4) is 0 Å². The van der Waals surface area contributed by atoms with Crippen LogP contribution in [-0.2, 0) is 4.79 Å². The van der Waals surface area contributed by atoms with Crippen LogP contribution in [0.1, 0.15) is 0 Å². The minimum absolute atomic E-state index is 0.